The number of piperazine rings is 1. The van der Waals surface area contributed by atoms with Crippen LogP contribution in [0.1, 0.15) is 17.7 Å². The quantitative estimate of drug-likeness (QED) is 0.496. The van der Waals surface area contributed by atoms with Crippen LogP contribution in [0.5, 0.6) is 0 Å². The maximum absolute atomic E-state index is 13.0. The molecule has 36 heavy (non-hydrogen) atoms. The van der Waals surface area contributed by atoms with E-state index in [9.17, 15) is 13.2 Å². The Morgan fingerprint density at radius 1 is 0.972 bits per heavy atom. The van der Waals surface area contributed by atoms with Gasteiger partial charge in [0.25, 0.3) is 0 Å². The van der Waals surface area contributed by atoms with Gasteiger partial charge >= 0.3 is 5.97 Å². The third kappa shape index (κ3) is 5.24. The average Bonchev–Trinajstić information content (AvgIpc) is 2.85. The van der Waals surface area contributed by atoms with Crippen LogP contribution in [0.25, 0.3) is 0 Å². The number of fused-ring (bicyclic) bond motifs is 1. The molecule has 3 aromatic rings. The normalized spacial score (nSPS) is 16.9. The summed E-state index contributed by atoms with van der Waals surface area (Å²) in [7, 11) is -3.52. The number of hydrogen-bond donors (Lipinski definition) is 2. The lowest BCUT2D eigenvalue weighted by molar-refractivity contribution is -0.136. The topological polar surface area (TPSA) is 116 Å². The first-order chi connectivity index (χ1) is 17.3. The molecule has 2 aliphatic rings. The predicted octanol–water partition coefficient (Wildman–Crippen LogP) is 3.55. The number of aryl methyl sites for hydroxylation is 1. The molecular weight excluding hydrogens is 502 g/mol. The number of benzene rings is 2. The van der Waals surface area contributed by atoms with Crippen LogP contribution < -0.4 is 15.1 Å². The number of carboxylic acid groups (broad SMARTS) is 1. The number of carbonyl (C=O) groups is 1. The molecule has 0 radical (unpaired) electrons. The Morgan fingerprint density at radius 2 is 1.64 bits per heavy atom. The van der Waals surface area contributed by atoms with Gasteiger partial charge in [-0.05, 0) is 54.8 Å². The minimum atomic E-state index is -3.52. The third-order valence-electron chi connectivity index (χ3n) is 6.39. The highest BCUT2D eigenvalue weighted by atomic mass is 35.5. The van der Waals surface area contributed by atoms with Crippen LogP contribution in [0.2, 0.25) is 5.02 Å². The monoisotopic (exact) mass is 527 g/mol. The van der Waals surface area contributed by atoms with E-state index in [4.69, 9.17) is 16.7 Å². The molecule has 5 rings (SSSR count). The lowest BCUT2D eigenvalue weighted by atomic mass is 10.1. The molecule has 2 N–H and O–H groups in total. The summed E-state index contributed by atoms with van der Waals surface area (Å²) in [4.78, 5) is 24.8. The number of anilines is 4. The fraction of sp³-hybridized carbons (Fsp3) is 0.320. The van der Waals surface area contributed by atoms with E-state index in [0.717, 1.165) is 18.8 Å². The molecule has 0 amide bonds. The first kappa shape index (κ1) is 24.3. The summed E-state index contributed by atoms with van der Waals surface area (Å²) >= 11 is 6.02. The van der Waals surface area contributed by atoms with Gasteiger partial charge in [0.15, 0.2) is 15.7 Å². The summed E-state index contributed by atoms with van der Waals surface area (Å²) in [6, 6.07) is 14.6. The van der Waals surface area contributed by atoms with Crippen molar-refractivity contribution in [2.75, 3.05) is 47.0 Å². The molecular formula is C25H26ClN5O4S. The van der Waals surface area contributed by atoms with E-state index in [2.05, 4.69) is 25.1 Å². The summed E-state index contributed by atoms with van der Waals surface area (Å²) in [6.45, 7) is 2.93. The number of hydrogen-bond acceptors (Lipinski definition) is 8. The molecule has 0 aliphatic carbocycles. The van der Waals surface area contributed by atoms with Gasteiger partial charge in [-0.15, -0.1) is 0 Å². The molecule has 188 valence electrons. The van der Waals surface area contributed by atoms with Gasteiger partial charge in [-0.3, -0.25) is 4.79 Å². The van der Waals surface area contributed by atoms with Crippen LogP contribution >= 0.6 is 11.6 Å². The predicted molar refractivity (Wildman–Crippen MR) is 139 cm³/mol. The zero-order valence-electron chi connectivity index (χ0n) is 19.5. The first-order valence-corrected chi connectivity index (χ1v) is 13.8. The fourth-order valence-corrected chi connectivity index (χ4v) is 6.32. The maximum Gasteiger partial charge on any atom is 0.307 e. The average molecular weight is 528 g/mol. The zero-order chi connectivity index (χ0) is 25.3. The molecule has 11 heteroatoms. The van der Waals surface area contributed by atoms with E-state index in [1.54, 1.807) is 24.3 Å². The van der Waals surface area contributed by atoms with Crippen molar-refractivity contribution in [3.8, 4) is 0 Å². The van der Waals surface area contributed by atoms with E-state index in [1.165, 1.54) is 0 Å². The van der Waals surface area contributed by atoms with Crippen molar-refractivity contribution in [2.24, 2.45) is 0 Å². The Kier molecular flexibility index (Phi) is 6.72. The molecule has 2 aromatic carbocycles. The molecule has 3 heterocycles. The van der Waals surface area contributed by atoms with E-state index < -0.39 is 15.8 Å². The van der Waals surface area contributed by atoms with E-state index in [-0.39, 0.29) is 22.9 Å². The summed E-state index contributed by atoms with van der Waals surface area (Å²) in [6.07, 6.45) is 1.02. The van der Waals surface area contributed by atoms with Crippen LogP contribution in [-0.4, -0.2) is 61.4 Å². The van der Waals surface area contributed by atoms with Crippen molar-refractivity contribution in [2.45, 2.75) is 24.2 Å². The Hall–Kier alpha value is -3.37. The molecule has 0 unspecified atom stereocenters. The van der Waals surface area contributed by atoms with E-state index in [0.29, 0.717) is 53.8 Å². The lowest BCUT2D eigenvalue weighted by Crippen LogP contribution is -2.47. The van der Waals surface area contributed by atoms with Gasteiger partial charge in [0.2, 0.25) is 5.95 Å². The molecule has 0 atom stereocenters. The molecule has 1 fully saturated rings. The second-order valence-electron chi connectivity index (χ2n) is 8.91. The number of rotatable bonds is 6. The third-order valence-corrected chi connectivity index (χ3v) is 8.52. The van der Waals surface area contributed by atoms with Gasteiger partial charge in [0, 0.05) is 42.6 Å². The number of nitrogens with one attached hydrogen (secondary N) is 1. The maximum atomic E-state index is 13.0. The number of nitrogens with zero attached hydrogens (tertiary/aromatic N) is 4. The molecule has 0 spiro atoms. The van der Waals surface area contributed by atoms with Crippen molar-refractivity contribution in [1.29, 1.82) is 0 Å². The molecule has 0 bridgehead atoms. The largest absolute Gasteiger partial charge is 0.481 e. The van der Waals surface area contributed by atoms with Crippen LogP contribution in [-0.2, 0) is 27.5 Å². The molecule has 1 saturated heterocycles. The van der Waals surface area contributed by atoms with Gasteiger partial charge in [0.1, 0.15) is 4.90 Å². The molecule has 0 saturated carbocycles. The summed E-state index contributed by atoms with van der Waals surface area (Å²) in [5.41, 5.74) is 2.93. The Labute approximate surface area is 214 Å². The van der Waals surface area contributed by atoms with Crippen molar-refractivity contribution in [1.82, 2.24) is 9.97 Å². The number of sulfone groups is 1. The van der Waals surface area contributed by atoms with E-state index >= 15 is 0 Å². The lowest BCUT2D eigenvalue weighted by Gasteiger charge is -2.36. The van der Waals surface area contributed by atoms with E-state index in [1.807, 2.05) is 24.3 Å². The molecule has 2 aliphatic heterocycles. The van der Waals surface area contributed by atoms with Crippen molar-refractivity contribution < 1.29 is 18.3 Å². The van der Waals surface area contributed by atoms with Crippen LogP contribution in [0, 0.1) is 0 Å². The van der Waals surface area contributed by atoms with Crippen LogP contribution in [0.15, 0.2) is 53.4 Å². The highest BCUT2D eigenvalue weighted by molar-refractivity contribution is 7.91. The minimum absolute atomic E-state index is 0.0642. The van der Waals surface area contributed by atoms with Crippen molar-refractivity contribution >= 4 is 50.5 Å². The summed E-state index contributed by atoms with van der Waals surface area (Å²) in [5, 5.41) is 12.9. The van der Waals surface area contributed by atoms with Crippen molar-refractivity contribution in [3.63, 3.8) is 0 Å². The van der Waals surface area contributed by atoms with Gasteiger partial charge in [-0.25, -0.2) is 13.4 Å². The Bertz CT molecular complexity index is 1370. The fourth-order valence-electron chi connectivity index (χ4n) is 4.57. The van der Waals surface area contributed by atoms with Gasteiger partial charge in [0.05, 0.1) is 17.9 Å². The standard InChI is InChI=1S/C25H26ClN5O4S/c26-18-5-9-20(10-6-18)30-11-13-31(14-12-30)25-28-21-2-1-15-36(34,35)23(21)24(29-25)27-19-7-3-17(4-8-19)16-22(32)33/h3-10H,1-2,11-16H2,(H,32,33)(H,27,28,29). The first-order valence-electron chi connectivity index (χ1n) is 11.8. The smallest absolute Gasteiger partial charge is 0.307 e. The van der Waals surface area contributed by atoms with Gasteiger partial charge < -0.3 is 20.2 Å². The second kappa shape index (κ2) is 9.94. The van der Waals surface area contributed by atoms with Crippen LogP contribution in [0.4, 0.5) is 23.1 Å². The molecule has 1 aromatic heterocycles. The van der Waals surface area contributed by atoms with Gasteiger partial charge in [-0.2, -0.15) is 4.98 Å². The number of carboxylic acids is 1. The second-order valence-corrected chi connectivity index (χ2v) is 11.4. The zero-order valence-corrected chi connectivity index (χ0v) is 21.1. The SMILES string of the molecule is O=C(O)Cc1ccc(Nc2nc(N3CCN(c4ccc(Cl)cc4)CC3)nc3c2S(=O)(=O)CCC3)cc1. The number of aliphatic carboxylic acids is 1. The minimum Gasteiger partial charge on any atom is -0.481 e. The highest BCUT2D eigenvalue weighted by Gasteiger charge is 2.31. The Morgan fingerprint density at radius 3 is 2.31 bits per heavy atom. The van der Waals surface area contributed by atoms with Gasteiger partial charge in [-0.1, -0.05) is 23.7 Å². The highest BCUT2D eigenvalue weighted by Crippen LogP contribution is 2.33. The van der Waals surface area contributed by atoms with Crippen molar-refractivity contribution in [3.05, 3.63) is 64.8 Å². The molecule has 9 nitrogen and oxygen atoms in total. The number of aromatic nitrogens is 2. The summed E-state index contributed by atoms with van der Waals surface area (Å²) < 4.78 is 25.9. The van der Waals surface area contributed by atoms with Crippen LogP contribution in [0.3, 0.4) is 0 Å². The Balaban J connectivity index is 1.41. The number of halogens is 1. The summed E-state index contributed by atoms with van der Waals surface area (Å²) in [5.74, 6) is -0.0748.